The highest BCUT2D eigenvalue weighted by molar-refractivity contribution is 5.95. The van der Waals surface area contributed by atoms with E-state index in [1.54, 1.807) is 6.20 Å². The van der Waals surface area contributed by atoms with E-state index in [2.05, 4.69) is 11.1 Å². The van der Waals surface area contributed by atoms with E-state index in [1.165, 1.54) is 0 Å². The van der Waals surface area contributed by atoms with E-state index < -0.39 is 0 Å². The fourth-order valence-corrected chi connectivity index (χ4v) is 2.32. The number of nitrogens with zero attached hydrogens (tertiary/aromatic N) is 3. The van der Waals surface area contributed by atoms with Crippen LogP contribution in [0.25, 0.3) is 11.0 Å². The smallest absolute Gasteiger partial charge is 0.152 e. The quantitative estimate of drug-likeness (QED) is 0.595. The summed E-state index contributed by atoms with van der Waals surface area (Å²) in [5.74, 6) is 0. The first-order chi connectivity index (χ1) is 9.57. The fourth-order valence-electron chi connectivity index (χ4n) is 2.32. The molecule has 2 aromatic rings. The number of nitriles is 1. The van der Waals surface area contributed by atoms with E-state index in [-0.39, 0.29) is 5.41 Å². The van der Waals surface area contributed by atoms with Crippen LogP contribution in [0.3, 0.4) is 0 Å². The molecule has 0 fully saturated rings. The molecule has 0 aliphatic heterocycles. The summed E-state index contributed by atoms with van der Waals surface area (Å²) in [6, 6.07) is 6.08. The van der Waals surface area contributed by atoms with Crippen molar-refractivity contribution in [3.63, 3.8) is 0 Å². The van der Waals surface area contributed by atoms with Gasteiger partial charge in [0.05, 0.1) is 11.5 Å². The first kappa shape index (κ1) is 14.3. The zero-order valence-corrected chi connectivity index (χ0v) is 12.0. The standard InChI is InChI=1S/C16H19N3O/c1-16(2,12-17)7-3-4-9-19-10-13(11-20)14-6-5-8-18-15(14)19/h5-6,8,10-11H,3-4,7,9H2,1-2H3. The summed E-state index contributed by atoms with van der Waals surface area (Å²) >= 11 is 0. The van der Waals surface area contributed by atoms with Crippen LogP contribution < -0.4 is 0 Å². The molecule has 0 spiro atoms. The average Bonchev–Trinajstić information content (AvgIpc) is 2.82. The van der Waals surface area contributed by atoms with Gasteiger partial charge in [0.15, 0.2) is 6.29 Å². The van der Waals surface area contributed by atoms with Crippen molar-refractivity contribution in [2.75, 3.05) is 0 Å². The largest absolute Gasteiger partial charge is 0.332 e. The van der Waals surface area contributed by atoms with E-state index in [9.17, 15) is 4.79 Å². The summed E-state index contributed by atoms with van der Waals surface area (Å²) in [4.78, 5) is 15.4. The topological polar surface area (TPSA) is 58.7 Å². The summed E-state index contributed by atoms with van der Waals surface area (Å²) in [7, 11) is 0. The van der Waals surface area contributed by atoms with Gasteiger partial charge in [0, 0.05) is 29.9 Å². The molecule has 2 aromatic heterocycles. The van der Waals surface area contributed by atoms with Crippen LogP contribution in [-0.2, 0) is 6.54 Å². The Labute approximate surface area is 119 Å². The van der Waals surface area contributed by atoms with Gasteiger partial charge in [-0.05, 0) is 38.8 Å². The summed E-state index contributed by atoms with van der Waals surface area (Å²) in [5, 5.41) is 9.89. The number of aromatic nitrogens is 2. The Hall–Kier alpha value is -2.15. The van der Waals surface area contributed by atoms with Crippen LogP contribution in [0.2, 0.25) is 0 Å². The number of pyridine rings is 1. The Bertz CT molecular complexity index is 649. The van der Waals surface area contributed by atoms with Crippen molar-refractivity contribution in [2.24, 2.45) is 5.41 Å². The van der Waals surface area contributed by atoms with Gasteiger partial charge in [0.25, 0.3) is 0 Å². The Morgan fingerprint density at radius 3 is 2.95 bits per heavy atom. The highest BCUT2D eigenvalue weighted by atomic mass is 16.1. The van der Waals surface area contributed by atoms with Crippen molar-refractivity contribution in [3.05, 3.63) is 30.1 Å². The van der Waals surface area contributed by atoms with Crippen molar-refractivity contribution < 1.29 is 4.79 Å². The molecule has 0 atom stereocenters. The molecule has 0 saturated heterocycles. The molecule has 0 unspecified atom stereocenters. The van der Waals surface area contributed by atoms with Gasteiger partial charge < -0.3 is 4.57 Å². The molecule has 0 aromatic carbocycles. The lowest BCUT2D eigenvalue weighted by atomic mass is 9.89. The van der Waals surface area contributed by atoms with Crippen molar-refractivity contribution in [1.29, 1.82) is 5.26 Å². The van der Waals surface area contributed by atoms with E-state index in [1.807, 2.05) is 36.7 Å². The highest BCUT2D eigenvalue weighted by Gasteiger charge is 2.15. The summed E-state index contributed by atoms with van der Waals surface area (Å²) in [5.41, 5.74) is 1.28. The van der Waals surface area contributed by atoms with Crippen molar-refractivity contribution in [1.82, 2.24) is 9.55 Å². The molecule has 104 valence electrons. The molecule has 0 aliphatic carbocycles. The third kappa shape index (κ3) is 3.05. The fraction of sp³-hybridized carbons (Fsp3) is 0.438. The molecule has 0 saturated carbocycles. The van der Waals surface area contributed by atoms with E-state index in [4.69, 9.17) is 5.26 Å². The zero-order chi connectivity index (χ0) is 14.6. The maximum atomic E-state index is 11.1. The number of aldehydes is 1. The van der Waals surface area contributed by atoms with Crippen LogP contribution in [0.15, 0.2) is 24.5 Å². The van der Waals surface area contributed by atoms with Gasteiger partial charge in [-0.25, -0.2) is 4.98 Å². The van der Waals surface area contributed by atoms with Crippen molar-refractivity contribution in [3.8, 4) is 6.07 Å². The normalized spacial score (nSPS) is 11.4. The van der Waals surface area contributed by atoms with Gasteiger partial charge in [-0.1, -0.05) is 6.42 Å². The first-order valence-corrected chi connectivity index (χ1v) is 6.88. The van der Waals surface area contributed by atoms with E-state index in [0.717, 1.165) is 43.1 Å². The monoisotopic (exact) mass is 269 g/mol. The van der Waals surface area contributed by atoms with Gasteiger partial charge in [-0.15, -0.1) is 0 Å². The average molecular weight is 269 g/mol. The summed E-state index contributed by atoms with van der Waals surface area (Å²) < 4.78 is 2.03. The number of carbonyl (C=O) groups excluding carboxylic acids is 1. The Morgan fingerprint density at radius 1 is 1.45 bits per heavy atom. The van der Waals surface area contributed by atoms with E-state index in [0.29, 0.717) is 5.56 Å². The molecular weight excluding hydrogens is 250 g/mol. The third-order valence-electron chi connectivity index (χ3n) is 3.55. The first-order valence-electron chi connectivity index (χ1n) is 6.88. The zero-order valence-electron chi connectivity index (χ0n) is 12.0. The lowest BCUT2D eigenvalue weighted by Crippen LogP contribution is -2.08. The Kier molecular flexibility index (Phi) is 4.19. The molecule has 0 amide bonds. The number of hydrogen-bond acceptors (Lipinski definition) is 3. The second kappa shape index (κ2) is 5.87. The van der Waals surface area contributed by atoms with Crippen molar-refractivity contribution in [2.45, 2.75) is 39.7 Å². The second-order valence-corrected chi connectivity index (χ2v) is 5.72. The minimum Gasteiger partial charge on any atom is -0.332 e. The Morgan fingerprint density at radius 2 is 2.25 bits per heavy atom. The van der Waals surface area contributed by atoms with Crippen LogP contribution in [0, 0.1) is 16.7 Å². The lowest BCUT2D eigenvalue weighted by molar-refractivity contribution is 0.112. The molecule has 0 radical (unpaired) electrons. The Balaban J connectivity index is 2.04. The number of hydrogen-bond donors (Lipinski definition) is 0. The molecule has 2 rings (SSSR count). The maximum absolute atomic E-state index is 11.1. The van der Waals surface area contributed by atoms with Crippen molar-refractivity contribution >= 4 is 17.3 Å². The highest BCUT2D eigenvalue weighted by Crippen LogP contribution is 2.23. The van der Waals surface area contributed by atoms with Gasteiger partial charge in [-0.2, -0.15) is 5.26 Å². The van der Waals surface area contributed by atoms with Gasteiger partial charge in [-0.3, -0.25) is 4.79 Å². The molecule has 4 nitrogen and oxygen atoms in total. The molecule has 0 bridgehead atoms. The van der Waals surface area contributed by atoms with Crippen LogP contribution in [0.1, 0.15) is 43.5 Å². The molecular formula is C16H19N3O. The molecule has 2 heterocycles. The predicted octanol–water partition coefficient (Wildman–Crippen LogP) is 3.57. The van der Waals surface area contributed by atoms with Gasteiger partial charge >= 0.3 is 0 Å². The SMILES string of the molecule is CC(C)(C#N)CCCCn1cc(C=O)c2cccnc21. The second-order valence-electron chi connectivity index (χ2n) is 5.72. The summed E-state index contributed by atoms with van der Waals surface area (Å²) in [6.45, 7) is 4.75. The van der Waals surface area contributed by atoms with Gasteiger partial charge in [0.1, 0.15) is 5.65 Å². The van der Waals surface area contributed by atoms with Crippen LogP contribution in [-0.4, -0.2) is 15.8 Å². The molecule has 0 N–H and O–H groups in total. The molecule has 0 aliphatic rings. The van der Waals surface area contributed by atoms with Crippen LogP contribution >= 0.6 is 0 Å². The number of aryl methyl sites for hydroxylation is 1. The maximum Gasteiger partial charge on any atom is 0.152 e. The predicted molar refractivity (Wildman–Crippen MR) is 78.4 cm³/mol. The minimum absolute atomic E-state index is 0.259. The lowest BCUT2D eigenvalue weighted by Gasteiger charge is -2.14. The summed E-state index contributed by atoms with van der Waals surface area (Å²) in [6.07, 6.45) is 7.33. The van der Waals surface area contributed by atoms with Gasteiger partial charge in [0.2, 0.25) is 0 Å². The number of carbonyl (C=O) groups is 1. The minimum atomic E-state index is -0.259. The van der Waals surface area contributed by atoms with Crippen LogP contribution in [0.4, 0.5) is 0 Å². The number of rotatable bonds is 6. The third-order valence-corrected chi connectivity index (χ3v) is 3.55. The van der Waals surface area contributed by atoms with E-state index >= 15 is 0 Å². The molecule has 20 heavy (non-hydrogen) atoms. The number of fused-ring (bicyclic) bond motifs is 1. The number of unbranched alkanes of at least 4 members (excludes halogenated alkanes) is 1. The van der Waals surface area contributed by atoms with Crippen LogP contribution in [0.5, 0.6) is 0 Å². The molecule has 4 heteroatoms.